The third-order valence-corrected chi connectivity index (χ3v) is 3.08. The predicted molar refractivity (Wildman–Crippen MR) is 68.2 cm³/mol. The number of imide groups is 1. The molecule has 1 heterocycles. The summed E-state index contributed by atoms with van der Waals surface area (Å²) in [4.78, 5) is 48.0. The monoisotopic (exact) mass is 285 g/mol. The minimum absolute atomic E-state index is 0.0462. The Bertz CT molecular complexity index is 423. The fourth-order valence-electron chi connectivity index (χ4n) is 2.05. The van der Waals surface area contributed by atoms with Gasteiger partial charge in [-0.2, -0.15) is 0 Å². The van der Waals surface area contributed by atoms with Crippen LogP contribution in [-0.4, -0.2) is 59.9 Å². The van der Waals surface area contributed by atoms with Gasteiger partial charge in [0, 0.05) is 25.9 Å². The summed E-state index contributed by atoms with van der Waals surface area (Å²) in [5, 5.41) is 13.4. The average Bonchev–Trinajstić information content (AvgIpc) is 2.66. The molecule has 8 heteroatoms. The molecule has 0 saturated carbocycles. The largest absolute Gasteiger partial charge is 0.395 e. The van der Waals surface area contributed by atoms with Crippen LogP contribution in [0, 0.1) is 5.92 Å². The van der Waals surface area contributed by atoms with Gasteiger partial charge in [0.25, 0.3) is 0 Å². The molecule has 0 aromatic rings. The molecular weight excluding hydrogens is 266 g/mol. The molecule has 0 aliphatic carbocycles. The van der Waals surface area contributed by atoms with E-state index < -0.39 is 35.6 Å². The van der Waals surface area contributed by atoms with E-state index in [2.05, 4.69) is 10.6 Å². The van der Waals surface area contributed by atoms with Crippen LogP contribution in [-0.2, 0) is 19.2 Å². The smallest absolute Gasteiger partial charge is 0.243 e. The first kappa shape index (κ1) is 16.1. The lowest BCUT2D eigenvalue weighted by Crippen LogP contribution is -2.51. The highest BCUT2D eigenvalue weighted by atomic mass is 16.3. The lowest BCUT2D eigenvalue weighted by molar-refractivity contribution is -0.148. The van der Waals surface area contributed by atoms with Crippen molar-refractivity contribution in [2.24, 2.45) is 5.92 Å². The summed E-state index contributed by atoms with van der Waals surface area (Å²) in [6.45, 7) is 1.43. The number of likely N-dealkylation sites (N-methyl/N-ethyl adjacent to an activating group) is 1. The first-order valence-electron chi connectivity index (χ1n) is 6.37. The van der Waals surface area contributed by atoms with Gasteiger partial charge >= 0.3 is 0 Å². The van der Waals surface area contributed by atoms with Crippen LogP contribution in [0.15, 0.2) is 0 Å². The van der Waals surface area contributed by atoms with E-state index in [0.29, 0.717) is 0 Å². The Balaban J connectivity index is 2.85. The molecule has 4 amide bonds. The van der Waals surface area contributed by atoms with Crippen molar-refractivity contribution in [1.82, 2.24) is 15.5 Å². The maximum atomic E-state index is 11.9. The van der Waals surface area contributed by atoms with Crippen molar-refractivity contribution in [3.8, 4) is 0 Å². The topological polar surface area (TPSA) is 116 Å². The number of nitrogens with zero attached hydrogens (tertiary/aromatic N) is 1. The van der Waals surface area contributed by atoms with Gasteiger partial charge in [0.1, 0.15) is 6.04 Å². The Morgan fingerprint density at radius 3 is 2.55 bits per heavy atom. The molecule has 1 aliphatic heterocycles. The fraction of sp³-hybridized carbons (Fsp3) is 0.667. The van der Waals surface area contributed by atoms with E-state index in [1.54, 1.807) is 6.92 Å². The molecule has 3 N–H and O–H groups in total. The van der Waals surface area contributed by atoms with Gasteiger partial charge in [-0.25, -0.2) is 0 Å². The van der Waals surface area contributed by atoms with E-state index >= 15 is 0 Å². The second-order valence-corrected chi connectivity index (χ2v) is 4.61. The third kappa shape index (κ3) is 3.53. The number of nitrogens with one attached hydrogen (secondary N) is 2. The van der Waals surface area contributed by atoms with Crippen LogP contribution in [0.3, 0.4) is 0 Å². The quantitative estimate of drug-likeness (QED) is 0.488. The van der Waals surface area contributed by atoms with Gasteiger partial charge < -0.3 is 15.7 Å². The highest BCUT2D eigenvalue weighted by molar-refractivity contribution is 6.07. The molecule has 0 aromatic heterocycles. The molecule has 0 aromatic carbocycles. The van der Waals surface area contributed by atoms with E-state index in [1.165, 1.54) is 7.05 Å². The van der Waals surface area contributed by atoms with E-state index in [-0.39, 0.29) is 26.0 Å². The Morgan fingerprint density at radius 1 is 1.45 bits per heavy atom. The third-order valence-electron chi connectivity index (χ3n) is 3.08. The molecule has 112 valence electrons. The molecule has 1 rings (SSSR count). The van der Waals surface area contributed by atoms with E-state index in [9.17, 15) is 19.2 Å². The zero-order chi connectivity index (χ0) is 15.3. The number of aliphatic hydroxyl groups excluding tert-OH is 1. The molecule has 2 unspecified atom stereocenters. The van der Waals surface area contributed by atoms with Crippen molar-refractivity contribution in [3.63, 3.8) is 0 Å². The van der Waals surface area contributed by atoms with Gasteiger partial charge in [0.05, 0.1) is 13.0 Å². The summed E-state index contributed by atoms with van der Waals surface area (Å²) in [5.74, 6) is -2.45. The second-order valence-electron chi connectivity index (χ2n) is 4.61. The summed E-state index contributed by atoms with van der Waals surface area (Å²) in [7, 11) is 1.37. The van der Waals surface area contributed by atoms with Crippen LogP contribution in [0.2, 0.25) is 0 Å². The molecule has 8 nitrogen and oxygen atoms in total. The molecule has 1 saturated heterocycles. The zero-order valence-electron chi connectivity index (χ0n) is 11.5. The summed E-state index contributed by atoms with van der Waals surface area (Å²) in [6.07, 6.45) is -0.269. The number of hydrogen-bond donors (Lipinski definition) is 3. The fourth-order valence-corrected chi connectivity index (χ4v) is 2.05. The number of carbonyl (C=O) groups excluding carboxylic acids is 4. The van der Waals surface area contributed by atoms with Crippen molar-refractivity contribution in [2.75, 3.05) is 20.2 Å². The van der Waals surface area contributed by atoms with Gasteiger partial charge in [0.15, 0.2) is 0 Å². The van der Waals surface area contributed by atoms with Crippen molar-refractivity contribution in [2.45, 2.75) is 25.8 Å². The second kappa shape index (κ2) is 6.99. The molecule has 1 aliphatic rings. The zero-order valence-corrected chi connectivity index (χ0v) is 11.5. The van der Waals surface area contributed by atoms with E-state index in [1.807, 2.05) is 0 Å². The van der Waals surface area contributed by atoms with Crippen LogP contribution >= 0.6 is 0 Å². The van der Waals surface area contributed by atoms with E-state index in [0.717, 1.165) is 4.90 Å². The Morgan fingerprint density at radius 2 is 2.10 bits per heavy atom. The van der Waals surface area contributed by atoms with Crippen LogP contribution in [0.5, 0.6) is 0 Å². The van der Waals surface area contributed by atoms with Crippen LogP contribution in [0.4, 0.5) is 0 Å². The number of amides is 4. The minimum Gasteiger partial charge on any atom is -0.395 e. The summed E-state index contributed by atoms with van der Waals surface area (Å²) < 4.78 is 0. The van der Waals surface area contributed by atoms with Crippen molar-refractivity contribution >= 4 is 23.6 Å². The molecule has 1 fully saturated rings. The highest BCUT2D eigenvalue weighted by Gasteiger charge is 2.43. The lowest BCUT2D eigenvalue weighted by atomic mass is 10.1. The molecule has 0 spiro atoms. The van der Waals surface area contributed by atoms with Crippen molar-refractivity contribution in [1.29, 1.82) is 0 Å². The van der Waals surface area contributed by atoms with Gasteiger partial charge in [-0.1, -0.05) is 6.92 Å². The number of likely N-dealkylation sites (tertiary alicyclic amines) is 1. The Hall–Kier alpha value is -1.96. The maximum absolute atomic E-state index is 11.9. The summed E-state index contributed by atoms with van der Waals surface area (Å²) >= 11 is 0. The van der Waals surface area contributed by atoms with Crippen LogP contribution in [0.1, 0.15) is 19.8 Å². The summed E-state index contributed by atoms with van der Waals surface area (Å²) in [6, 6.07) is -1.15. The summed E-state index contributed by atoms with van der Waals surface area (Å²) in [5.41, 5.74) is 0. The number of rotatable bonds is 6. The van der Waals surface area contributed by atoms with Gasteiger partial charge in [0.2, 0.25) is 23.6 Å². The maximum Gasteiger partial charge on any atom is 0.243 e. The van der Waals surface area contributed by atoms with Crippen LogP contribution < -0.4 is 10.6 Å². The number of hydrogen-bond acceptors (Lipinski definition) is 5. The molecular formula is C12H19N3O5. The standard InChI is InChI=1S/C12H19N3O5/c1-7-5-10(18)15(12(7)20)8(11(19)13-2)6-9(17)14-3-4-16/h7-8,16H,3-6H2,1-2H3,(H,13,19)(H,14,17). The molecule has 0 radical (unpaired) electrons. The average molecular weight is 285 g/mol. The normalized spacial score (nSPS) is 19.9. The van der Waals surface area contributed by atoms with Gasteiger partial charge in [-0.05, 0) is 0 Å². The minimum atomic E-state index is -1.15. The van der Waals surface area contributed by atoms with Crippen molar-refractivity contribution in [3.05, 3.63) is 0 Å². The van der Waals surface area contributed by atoms with Crippen LogP contribution in [0.25, 0.3) is 0 Å². The number of aliphatic hydroxyl groups is 1. The molecule has 20 heavy (non-hydrogen) atoms. The van der Waals surface area contributed by atoms with Crippen molar-refractivity contribution < 1.29 is 24.3 Å². The Labute approximate surface area is 116 Å². The first-order valence-corrected chi connectivity index (χ1v) is 6.37. The SMILES string of the molecule is CNC(=O)C(CC(=O)NCCO)N1C(=O)CC(C)C1=O. The molecule has 0 bridgehead atoms. The highest BCUT2D eigenvalue weighted by Crippen LogP contribution is 2.22. The first-order chi connectivity index (χ1) is 9.42. The molecule has 2 atom stereocenters. The predicted octanol–water partition coefficient (Wildman–Crippen LogP) is -2.01. The van der Waals surface area contributed by atoms with E-state index in [4.69, 9.17) is 5.11 Å². The Kier molecular flexibility index (Phi) is 5.63. The number of carbonyl (C=O) groups is 4. The van der Waals surface area contributed by atoms with Gasteiger partial charge in [-0.3, -0.25) is 24.1 Å². The van der Waals surface area contributed by atoms with Gasteiger partial charge in [-0.15, -0.1) is 0 Å². The lowest BCUT2D eigenvalue weighted by Gasteiger charge is -2.24.